The number of benzene rings is 1. The van der Waals surface area contributed by atoms with Crippen LogP contribution in [0.4, 0.5) is 8.78 Å². The van der Waals surface area contributed by atoms with Gasteiger partial charge in [-0.25, -0.2) is 8.78 Å². The zero-order chi connectivity index (χ0) is 17.7. The number of rotatable bonds is 6. The van der Waals surface area contributed by atoms with Crippen molar-refractivity contribution in [1.82, 2.24) is 15.5 Å². The minimum Gasteiger partial charge on any atom is -0.349 e. The third-order valence-corrected chi connectivity index (χ3v) is 4.23. The topological polar surface area (TPSA) is 61.4 Å². The van der Waals surface area contributed by atoms with E-state index in [1.54, 1.807) is 4.90 Å². The highest BCUT2D eigenvalue weighted by molar-refractivity contribution is 5.85. The molecule has 0 saturated carbocycles. The Morgan fingerprint density at radius 1 is 1.36 bits per heavy atom. The third kappa shape index (κ3) is 5.64. The quantitative estimate of drug-likeness (QED) is 0.801. The maximum absolute atomic E-state index is 14.0. The van der Waals surface area contributed by atoms with Crippen molar-refractivity contribution in [3.8, 4) is 0 Å². The highest BCUT2D eigenvalue weighted by atomic mass is 35.5. The van der Waals surface area contributed by atoms with E-state index in [1.807, 2.05) is 7.05 Å². The summed E-state index contributed by atoms with van der Waals surface area (Å²) in [6.07, 6.45) is 1.79. The normalized spacial score (nSPS) is 17.8. The van der Waals surface area contributed by atoms with Crippen molar-refractivity contribution >= 4 is 24.2 Å². The van der Waals surface area contributed by atoms with Gasteiger partial charge in [-0.15, -0.1) is 12.4 Å². The number of amides is 2. The summed E-state index contributed by atoms with van der Waals surface area (Å²) in [4.78, 5) is 25.8. The zero-order valence-corrected chi connectivity index (χ0v) is 15.2. The fourth-order valence-corrected chi connectivity index (χ4v) is 3.17. The highest BCUT2D eigenvalue weighted by Gasteiger charge is 2.30. The monoisotopic (exact) mass is 375 g/mol. The number of halogens is 3. The summed E-state index contributed by atoms with van der Waals surface area (Å²) in [6, 6.07) is 2.45. The molecule has 5 nitrogen and oxygen atoms in total. The lowest BCUT2D eigenvalue weighted by Gasteiger charge is -2.27. The smallest absolute Gasteiger partial charge is 0.225 e. The summed E-state index contributed by atoms with van der Waals surface area (Å²) in [5.41, 5.74) is 0.115. The third-order valence-electron chi connectivity index (χ3n) is 4.23. The van der Waals surface area contributed by atoms with E-state index in [2.05, 4.69) is 10.6 Å². The summed E-state index contributed by atoms with van der Waals surface area (Å²) in [5.74, 6) is -1.98. The molecule has 2 unspecified atom stereocenters. The molecule has 140 valence electrons. The van der Waals surface area contributed by atoms with Crippen molar-refractivity contribution in [2.45, 2.75) is 38.3 Å². The van der Waals surface area contributed by atoms with Crippen molar-refractivity contribution in [2.75, 3.05) is 20.1 Å². The Kier molecular flexibility index (Phi) is 8.25. The maximum Gasteiger partial charge on any atom is 0.225 e. The van der Waals surface area contributed by atoms with Crippen LogP contribution in [0.2, 0.25) is 0 Å². The van der Waals surface area contributed by atoms with Gasteiger partial charge in [-0.2, -0.15) is 0 Å². The van der Waals surface area contributed by atoms with Crippen LogP contribution in [-0.2, 0) is 9.59 Å². The van der Waals surface area contributed by atoms with Crippen LogP contribution in [0.3, 0.4) is 0 Å². The van der Waals surface area contributed by atoms with Crippen LogP contribution in [-0.4, -0.2) is 42.9 Å². The second-order valence-electron chi connectivity index (χ2n) is 6.06. The highest BCUT2D eigenvalue weighted by Crippen LogP contribution is 2.25. The Labute approximate surface area is 152 Å². The molecule has 1 aromatic carbocycles. The fourth-order valence-electron chi connectivity index (χ4n) is 3.17. The molecule has 1 fully saturated rings. The van der Waals surface area contributed by atoms with Crippen molar-refractivity contribution in [3.63, 3.8) is 0 Å². The Balaban J connectivity index is 0.00000312. The first-order valence-corrected chi connectivity index (χ1v) is 8.08. The molecule has 1 saturated heterocycles. The number of likely N-dealkylation sites (tertiary alicyclic amines) is 1. The van der Waals surface area contributed by atoms with Crippen LogP contribution in [0.5, 0.6) is 0 Å². The number of hydrogen-bond acceptors (Lipinski definition) is 3. The molecule has 2 rings (SSSR count). The Morgan fingerprint density at radius 2 is 2.08 bits per heavy atom. The number of nitrogens with zero attached hydrogens (tertiary/aromatic N) is 1. The van der Waals surface area contributed by atoms with Gasteiger partial charge in [0, 0.05) is 37.7 Å². The molecule has 1 aromatic rings. The maximum atomic E-state index is 14.0. The molecule has 1 aliphatic heterocycles. The van der Waals surface area contributed by atoms with E-state index in [9.17, 15) is 18.4 Å². The number of hydrogen-bond donors (Lipinski definition) is 2. The Bertz CT molecular complexity index is 616. The molecule has 0 aromatic heterocycles. The molecule has 2 N–H and O–H groups in total. The zero-order valence-electron chi connectivity index (χ0n) is 14.4. The lowest BCUT2D eigenvalue weighted by molar-refractivity contribution is -0.132. The summed E-state index contributed by atoms with van der Waals surface area (Å²) in [5, 5.41) is 5.65. The van der Waals surface area contributed by atoms with Gasteiger partial charge in [0.2, 0.25) is 11.8 Å². The first kappa shape index (κ1) is 21.3. The SMILES string of the molecule is CNCC1CCCN1C(=O)CC(NC(C)=O)c1ccc(F)cc1F.Cl. The van der Waals surface area contributed by atoms with Gasteiger partial charge in [0.1, 0.15) is 11.6 Å². The van der Waals surface area contributed by atoms with E-state index in [0.717, 1.165) is 25.0 Å². The van der Waals surface area contributed by atoms with Crippen LogP contribution in [0, 0.1) is 11.6 Å². The second kappa shape index (κ2) is 9.68. The van der Waals surface area contributed by atoms with Crippen LogP contribution in [0.25, 0.3) is 0 Å². The van der Waals surface area contributed by atoms with Crippen LogP contribution < -0.4 is 10.6 Å². The Morgan fingerprint density at radius 3 is 2.68 bits per heavy atom. The molecule has 0 radical (unpaired) electrons. The Hall–Kier alpha value is -1.73. The van der Waals surface area contributed by atoms with E-state index in [1.165, 1.54) is 13.0 Å². The summed E-state index contributed by atoms with van der Waals surface area (Å²) >= 11 is 0. The predicted octanol–water partition coefficient (Wildman–Crippen LogP) is 2.16. The molecule has 2 amide bonds. The average molecular weight is 376 g/mol. The van der Waals surface area contributed by atoms with Crippen molar-refractivity contribution < 1.29 is 18.4 Å². The van der Waals surface area contributed by atoms with Gasteiger partial charge in [-0.05, 0) is 26.0 Å². The minimum absolute atomic E-state index is 0. The van der Waals surface area contributed by atoms with Crippen molar-refractivity contribution in [2.24, 2.45) is 0 Å². The summed E-state index contributed by atoms with van der Waals surface area (Å²) in [6.45, 7) is 2.66. The van der Waals surface area contributed by atoms with Crippen molar-refractivity contribution in [3.05, 3.63) is 35.4 Å². The van der Waals surface area contributed by atoms with Crippen LogP contribution in [0.15, 0.2) is 18.2 Å². The largest absolute Gasteiger partial charge is 0.349 e. The number of carbonyl (C=O) groups excluding carboxylic acids is 2. The van der Waals surface area contributed by atoms with Gasteiger partial charge < -0.3 is 15.5 Å². The first-order chi connectivity index (χ1) is 11.4. The van der Waals surface area contributed by atoms with Gasteiger partial charge in [-0.3, -0.25) is 9.59 Å². The molecule has 2 atom stereocenters. The summed E-state index contributed by atoms with van der Waals surface area (Å²) < 4.78 is 27.2. The van der Waals surface area contributed by atoms with Gasteiger partial charge >= 0.3 is 0 Å². The standard InChI is InChI=1S/C17H23F2N3O2.ClH/c1-11(23)21-16(14-6-5-12(18)8-15(14)19)9-17(24)22-7-3-4-13(22)10-20-2;/h5-6,8,13,16,20H,3-4,7,9-10H2,1-2H3,(H,21,23);1H. The van der Waals surface area contributed by atoms with E-state index in [-0.39, 0.29) is 42.2 Å². The lowest BCUT2D eigenvalue weighted by Crippen LogP contribution is -2.42. The molecular formula is C17H24ClF2N3O2. The minimum atomic E-state index is -0.813. The predicted molar refractivity (Wildman–Crippen MR) is 93.4 cm³/mol. The second-order valence-corrected chi connectivity index (χ2v) is 6.06. The molecule has 0 aliphatic carbocycles. The van der Waals surface area contributed by atoms with Crippen LogP contribution in [0.1, 0.15) is 37.8 Å². The lowest BCUT2D eigenvalue weighted by atomic mass is 10.0. The number of likely N-dealkylation sites (N-methyl/N-ethyl adjacent to an activating group) is 1. The van der Waals surface area contributed by atoms with Gasteiger partial charge in [0.25, 0.3) is 0 Å². The van der Waals surface area contributed by atoms with Gasteiger partial charge in [-0.1, -0.05) is 6.07 Å². The molecule has 1 aliphatic rings. The number of carbonyl (C=O) groups is 2. The summed E-state index contributed by atoms with van der Waals surface area (Å²) in [7, 11) is 1.83. The molecule has 0 bridgehead atoms. The molecule has 0 spiro atoms. The average Bonchev–Trinajstić information content (AvgIpc) is 2.95. The van der Waals surface area contributed by atoms with Crippen molar-refractivity contribution in [1.29, 1.82) is 0 Å². The van der Waals surface area contributed by atoms with E-state index in [4.69, 9.17) is 0 Å². The molecule has 8 heteroatoms. The van der Waals surface area contributed by atoms with Gasteiger partial charge in [0.15, 0.2) is 0 Å². The first-order valence-electron chi connectivity index (χ1n) is 8.08. The van der Waals surface area contributed by atoms with E-state index < -0.39 is 17.7 Å². The van der Waals surface area contributed by atoms with E-state index in [0.29, 0.717) is 13.1 Å². The van der Waals surface area contributed by atoms with Crippen LogP contribution >= 0.6 is 12.4 Å². The molecular weight excluding hydrogens is 352 g/mol. The fraction of sp³-hybridized carbons (Fsp3) is 0.529. The van der Waals surface area contributed by atoms with Gasteiger partial charge in [0.05, 0.1) is 12.5 Å². The molecule has 1 heterocycles. The molecule has 25 heavy (non-hydrogen) atoms. The van der Waals surface area contributed by atoms with E-state index >= 15 is 0 Å². The number of nitrogens with one attached hydrogen (secondary N) is 2.